The molecule has 3 aromatic carbocycles. The van der Waals surface area contributed by atoms with E-state index in [4.69, 9.17) is 0 Å². The van der Waals surface area contributed by atoms with E-state index in [2.05, 4.69) is 15.9 Å². The van der Waals surface area contributed by atoms with Gasteiger partial charge in [-0.05, 0) is 34.5 Å². The first-order valence-electron chi connectivity index (χ1n) is 6.60. The van der Waals surface area contributed by atoms with Gasteiger partial charge in [-0.2, -0.15) is 0 Å². The molecule has 3 aromatic rings. The Balaban J connectivity index is 1.97. The highest BCUT2D eigenvalue weighted by Gasteiger charge is 2.13. The highest BCUT2D eigenvalue weighted by atomic mass is 79.9. The Morgan fingerprint density at radius 2 is 1.76 bits per heavy atom. The van der Waals surface area contributed by atoms with E-state index >= 15 is 0 Å². The van der Waals surface area contributed by atoms with Gasteiger partial charge in [0, 0.05) is 10.9 Å². The van der Waals surface area contributed by atoms with Crippen molar-refractivity contribution >= 4 is 32.5 Å². The van der Waals surface area contributed by atoms with Crippen LogP contribution < -0.4 is 0 Å². The first-order chi connectivity index (χ1) is 10.1. The molecular formula is C18H12BrFO. The molecule has 0 bridgehead atoms. The van der Waals surface area contributed by atoms with Crippen LogP contribution in [0.5, 0.6) is 0 Å². The van der Waals surface area contributed by atoms with E-state index in [1.165, 1.54) is 12.1 Å². The number of rotatable bonds is 3. The second-order valence-corrected chi connectivity index (χ2v) is 5.78. The van der Waals surface area contributed by atoms with Gasteiger partial charge in [-0.1, -0.05) is 58.4 Å². The van der Waals surface area contributed by atoms with Crippen molar-refractivity contribution in [2.24, 2.45) is 0 Å². The molecular weight excluding hydrogens is 331 g/mol. The molecule has 0 N–H and O–H groups in total. The first kappa shape index (κ1) is 14.0. The van der Waals surface area contributed by atoms with E-state index in [1.807, 2.05) is 42.5 Å². The lowest BCUT2D eigenvalue weighted by atomic mass is 9.97. The van der Waals surface area contributed by atoms with Crippen LogP contribution in [0, 0.1) is 5.82 Å². The Bertz CT molecular complexity index is 821. The Kier molecular flexibility index (Phi) is 3.84. The van der Waals surface area contributed by atoms with Crippen molar-refractivity contribution in [1.82, 2.24) is 0 Å². The highest BCUT2D eigenvalue weighted by Crippen LogP contribution is 2.22. The van der Waals surface area contributed by atoms with Crippen molar-refractivity contribution < 1.29 is 9.18 Å². The number of ketones is 1. The summed E-state index contributed by atoms with van der Waals surface area (Å²) < 4.78 is 14.5. The first-order valence-corrected chi connectivity index (χ1v) is 7.39. The van der Waals surface area contributed by atoms with Gasteiger partial charge in [0.05, 0.1) is 5.56 Å². The molecule has 1 nitrogen and oxygen atoms in total. The molecule has 0 heterocycles. The highest BCUT2D eigenvalue weighted by molar-refractivity contribution is 9.10. The Labute approximate surface area is 130 Å². The maximum atomic E-state index is 13.9. The molecule has 21 heavy (non-hydrogen) atoms. The lowest BCUT2D eigenvalue weighted by molar-refractivity contribution is 0.0989. The van der Waals surface area contributed by atoms with Crippen molar-refractivity contribution in [3.63, 3.8) is 0 Å². The SMILES string of the molecule is O=C(Cc1cccc2ccccc12)c1ccc(Br)cc1F. The van der Waals surface area contributed by atoms with E-state index in [0.717, 1.165) is 16.3 Å². The smallest absolute Gasteiger partial charge is 0.170 e. The van der Waals surface area contributed by atoms with Gasteiger partial charge in [0.15, 0.2) is 5.78 Å². The number of fused-ring (bicyclic) bond motifs is 1. The molecule has 0 spiro atoms. The molecule has 0 aliphatic carbocycles. The molecule has 0 saturated carbocycles. The summed E-state index contributed by atoms with van der Waals surface area (Å²) in [5, 5.41) is 2.12. The maximum absolute atomic E-state index is 13.9. The Morgan fingerprint density at radius 1 is 1.00 bits per heavy atom. The zero-order valence-electron chi connectivity index (χ0n) is 11.1. The standard InChI is InChI=1S/C18H12BrFO/c19-14-8-9-16(17(20)11-14)18(21)10-13-6-3-5-12-4-1-2-7-15(12)13/h1-9,11H,10H2. The monoisotopic (exact) mass is 342 g/mol. The van der Waals surface area contributed by atoms with Gasteiger partial charge < -0.3 is 0 Å². The lowest BCUT2D eigenvalue weighted by Crippen LogP contribution is -2.06. The van der Waals surface area contributed by atoms with E-state index in [9.17, 15) is 9.18 Å². The molecule has 0 aliphatic rings. The van der Waals surface area contributed by atoms with Gasteiger partial charge in [0.2, 0.25) is 0 Å². The summed E-state index contributed by atoms with van der Waals surface area (Å²) >= 11 is 3.19. The minimum Gasteiger partial charge on any atom is -0.294 e. The minimum absolute atomic E-state index is 0.131. The lowest BCUT2D eigenvalue weighted by Gasteiger charge is -2.07. The van der Waals surface area contributed by atoms with Crippen molar-refractivity contribution in [1.29, 1.82) is 0 Å². The number of Topliss-reactive ketones (excluding diaryl/α,β-unsaturated/α-hetero) is 1. The summed E-state index contributed by atoms with van der Waals surface area (Å²) in [4.78, 5) is 12.3. The van der Waals surface area contributed by atoms with E-state index in [-0.39, 0.29) is 17.8 Å². The van der Waals surface area contributed by atoms with Crippen LogP contribution >= 0.6 is 15.9 Å². The molecule has 3 rings (SSSR count). The third kappa shape index (κ3) is 2.88. The topological polar surface area (TPSA) is 17.1 Å². The summed E-state index contributed by atoms with van der Waals surface area (Å²) in [6, 6.07) is 18.2. The fourth-order valence-corrected chi connectivity index (χ4v) is 2.76. The molecule has 0 atom stereocenters. The fraction of sp³-hybridized carbons (Fsp3) is 0.0556. The summed E-state index contributed by atoms with van der Waals surface area (Å²) in [6.45, 7) is 0. The van der Waals surface area contributed by atoms with Gasteiger partial charge in [0.25, 0.3) is 0 Å². The van der Waals surface area contributed by atoms with Crippen molar-refractivity contribution in [2.45, 2.75) is 6.42 Å². The van der Waals surface area contributed by atoms with Crippen LogP contribution in [0.25, 0.3) is 10.8 Å². The molecule has 0 saturated heterocycles. The maximum Gasteiger partial charge on any atom is 0.170 e. The van der Waals surface area contributed by atoms with Gasteiger partial charge in [-0.25, -0.2) is 4.39 Å². The van der Waals surface area contributed by atoms with Crippen LogP contribution in [-0.4, -0.2) is 5.78 Å². The van der Waals surface area contributed by atoms with Crippen LogP contribution in [0.15, 0.2) is 65.1 Å². The van der Waals surface area contributed by atoms with Crippen LogP contribution in [0.1, 0.15) is 15.9 Å². The zero-order chi connectivity index (χ0) is 14.8. The number of halogens is 2. The fourth-order valence-electron chi connectivity index (χ4n) is 2.43. The van der Waals surface area contributed by atoms with Gasteiger partial charge in [-0.3, -0.25) is 4.79 Å². The Morgan fingerprint density at radius 3 is 2.57 bits per heavy atom. The van der Waals surface area contributed by atoms with Crippen LogP contribution in [0.3, 0.4) is 0 Å². The van der Waals surface area contributed by atoms with E-state index in [1.54, 1.807) is 6.07 Å². The van der Waals surface area contributed by atoms with Gasteiger partial charge in [-0.15, -0.1) is 0 Å². The van der Waals surface area contributed by atoms with Crippen LogP contribution in [0.2, 0.25) is 0 Å². The molecule has 0 aliphatic heterocycles. The summed E-state index contributed by atoms with van der Waals surface area (Å²) in [6.07, 6.45) is 0.194. The molecule has 0 radical (unpaired) electrons. The van der Waals surface area contributed by atoms with E-state index in [0.29, 0.717) is 4.47 Å². The second-order valence-electron chi connectivity index (χ2n) is 4.86. The third-order valence-corrected chi connectivity index (χ3v) is 3.96. The molecule has 0 unspecified atom stereocenters. The predicted molar refractivity (Wildman–Crippen MR) is 86.1 cm³/mol. The molecule has 104 valence electrons. The van der Waals surface area contributed by atoms with E-state index < -0.39 is 5.82 Å². The average Bonchev–Trinajstić information content (AvgIpc) is 2.47. The quantitative estimate of drug-likeness (QED) is 0.600. The van der Waals surface area contributed by atoms with Crippen LogP contribution in [0.4, 0.5) is 4.39 Å². The van der Waals surface area contributed by atoms with Crippen LogP contribution in [-0.2, 0) is 6.42 Å². The summed E-state index contributed by atoms with van der Waals surface area (Å²) in [5.41, 5.74) is 1.05. The van der Waals surface area contributed by atoms with Crippen molar-refractivity contribution in [3.05, 3.63) is 82.1 Å². The molecule has 3 heteroatoms. The number of carbonyl (C=O) groups is 1. The molecule has 0 fully saturated rings. The Hall–Kier alpha value is -2.00. The van der Waals surface area contributed by atoms with Gasteiger partial charge in [0.1, 0.15) is 5.82 Å². The van der Waals surface area contributed by atoms with Crippen molar-refractivity contribution in [3.8, 4) is 0 Å². The minimum atomic E-state index is -0.491. The van der Waals surface area contributed by atoms with Gasteiger partial charge >= 0.3 is 0 Å². The molecule has 0 aromatic heterocycles. The summed E-state index contributed by atoms with van der Waals surface area (Å²) in [5.74, 6) is -0.703. The normalized spacial score (nSPS) is 10.8. The summed E-state index contributed by atoms with van der Waals surface area (Å²) in [7, 11) is 0. The largest absolute Gasteiger partial charge is 0.294 e. The number of carbonyl (C=O) groups excluding carboxylic acids is 1. The second kappa shape index (κ2) is 5.78. The number of hydrogen-bond acceptors (Lipinski definition) is 1. The number of hydrogen-bond donors (Lipinski definition) is 0. The third-order valence-electron chi connectivity index (χ3n) is 3.46. The number of benzene rings is 3. The van der Waals surface area contributed by atoms with Crippen molar-refractivity contribution in [2.75, 3.05) is 0 Å². The predicted octanol–water partition coefficient (Wildman–Crippen LogP) is 5.17. The zero-order valence-corrected chi connectivity index (χ0v) is 12.7. The average molecular weight is 343 g/mol. The molecule has 0 amide bonds.